The minimum atomic E-state index is -1.07. The van der Waals surface area contributed by atoms with Crippen LogP contribution in [0.15, 0.2) is 36.7 Å². The van der Waals surface area contributed by atoms with E-state index < -0.39 is 23.6 Å². The van der Waals surface area contributed by atoms with Crippen molar-refractivity contribution in [2.24, 2.45) is 5.73 Å². The molecule has 0 amide bonds. The van der Waals surface area contributed by atoms with Gasteiger partial charge in [0.2, 0.25) is 0 Å². The lowest BCUT2D eigenvalue weighted by atomic mass is 10.1. The van der Waals surface area contributed by atoms with Crippen LogP contribution in [0, 0.1) is 0 Å². The molecule has 1 aromatic carbocycles. The third-order valence-electron chi connectivity index (χ3n) is 3.26. The summed E-state index contributed by atoms with van der Waals surface area (Å²) in [7, 11) is 0. The lowest BCUT2D eigenvalue weighted by molar-refractivity contribution is -0.138. The summed E-state index contributed by atoms with van der Waals surface area (Å²) in [5.41, 5.74) is 6.76. The van der Waals surface area contributed by atoms with Crippen molar-refractivity contribution in [1.29, 1.82) is 0 Å². The van der Waals surface area contributed by atoms with Crippen LogP contribution in [0.4, 0.5) is 0 Å². The Morgan fingerprint density at radius 3 is 2.20 bits per heavy atom. The average Bonchev–Trinajstić information content (AvgIpc) is 2.54. The Kier molecular flexibility index (Phi) is 5.48. The van der Waals surface area contributed by atoms with Gasteiger partial charge in [-0.2, -0.15) is 0 Å². The SMILES string of the molecule is CC(C)(C)OC(=O)c1ccc(-c2ncc(C[C@H](N)C(=O)O)cn2)cc1. The molecule has 0 aliphatic carbocycles. The van der Waals surface area contributed by atoms with Crippen LogP contribution in [-0.2, 0) is 16.0 Å². The zero-order chi connectivity index (χ0) is 18.6. The molecule has 1 aromatic heterocycles. The molecule has 2 aromatic rings. The van der Waals surface area contributed by atoms with Gasteiger partial charge < -0.3 is 15.6 Å². The highest BCUT2D eigenvalue weighted by Crippen LogP contribution is 2.18. The normalized spacial score (nSPS) is 12.5. The van der Waals surface area contributed by atoms with E-state index >= 15 is 0 Å². The molecule has 0 aliphatic rings. The quantitative estimate of drug-likeness (QED) is 0.798. The molecule has 0 spiro atoms. The van der Waals surface area contributed by atoms with E-state index in [0.717, 1.165) is 5.56 Å². The third kappa shape index (κ3) is 5.36. The van der Waals surface area contributed by atoms with Gasteiger partial charge in [0.25, 0.3) is 0 Å². The summed E-state index contributed by atoms with van der Waals surface area (Å²) in [6.07, 6.45) is 3.26. The Hall–Kier alpha value is -2.80. The highest BCUT2D eigenvalue weighted by atomic mass is 16.6. The molecule has 25 heavy (non-hydrogen) atoms. The van der Waals surface area contributed by atoms with Crippen LogP contribution in [0.25, 0.3) is 11.4 Å². The number of carboxylic acid groups (broad SMARTS) is 1. The molecule has 0 saturated carbocycles. The third-order valence-corrected chi connectivity index (χ3v) is 3.26. The molecular formula is C18H21N3O4. The molecule has 0 unspecified atom stereocenters. The van der Waals surface area contributed by atoms with Gasteiger partial charge >= 0.3 is 11.9 Å². The molecule has 1 heterocycles. The second-order valence-corrected chi connectivity index (χ2v) is 6.64. The first-order chi connectivity index (χ1) is 11.7. The second kappa shape index (κ2) is 7.40. The summed E-state index contributed by atoms with van der Waals surface area (Å²) in [6, 6.07) is 5.79. The van der Waals surface area contributed by atoms with Gasteiger partial charge in [-0.05, 0) is 38.5 Å². The van der Waals surface area contributed by atoms with Gasteiger partial charge in [0.1, 0.15) is 11.6 Å². The Balaban J connectivity index is 2.09. The molecule has 0 radical (unpaired) electrons. The van der Waals surface area contributed by atoms with Gasteiger partial charge in [-0.25, -0.2) is 14.8 Å². The topological polar surface area (TPSA) is 115 Å². The molecule has 7 heteroatoms. The number of hydrogen-bond acceptors (Lipinski definition) is 6. The molecule has 3 N–H and O–H groups in total. The number of carbonyl (C=O) groups is 2. The lowest BCUT2D eigenvalue weighted by Gasteiger charge is -2.19. The van der Waals surface area contributed by atoms with Crippen molar-refractivity contribution in [3.05, 3.63) is 47.8 Å². The van der Waals surface area contributed by atoms with Gasteiger partial charge in [0, 0.05) is 24.4 Å². The van der Waals surface area contributed by atoms with E-state index in [1.807, 2.05) is 20.8 Å². The summed E-state index contributed by atoms with van der Waals surface area (Å²) in [4.78, 5) is 31.2. The molecular weight excluding hydrogens is 322 g/mol. The maximum atomic E-state index is 12.0. The lowest BCUT2D eigenvalue weighted by Crippen LogP contribution is -2.32. The maximum absolute atomic E-state index is 12.0. The fraction of sp³-hybridized carbons (Fsp3) is 0.333. The first-order valence-corrected chi connectivity index (χ1v) is 7.79. The maximum Gasteiger partial charge on any atom is 0.338 e. The highest BCUT2D eigenvalue weighted by Gasteiger charge is 2.18. The summed E-state index contributed by atoms with van der Waals surface area (Å²) >= 11 is 0. The number of carboxylic acids is 1. The number of hydrogen-bond donors (Lipinski definition) is 2. The molecule has 0 fully saturated rings. The number of nitrogens with zero attached hydrogens (tertiary/aromatic N) is 2. The monoisotopic (exact) mass is 343 g/mol. The molecule has 0 aliphatic heterocycles. The van der Waals surface area contributed by atoms with Gasteiger partial charge in [-0.1, -0.05) is 12.1 Å². The van der Waals surface area contributed by atoms with Crippen molar-refractivity contribution >= 4 is 11.9 Å². The standard InChI is InChI=1S/C18H21N3O4/c1-18(2,3)25-17(24)13-6-4-12(5-7-13)15-20-9-11(10-21-15)8-14(19)16(22)23/h4-7,9-10,14H,8,19H2,1-3H3,(H,22,23)/t14-/m0/s1. The minimum absolute atomic E-state index is 0.160. The van der Waals surface area contributed by atoms with Crippen LogP contribution in [-0.4, -0.2) is 38.7 Å². The van der Waals surface area contributed by atoms with Crippen LogP contribution in [0.5, 0.6) is 0 Å². The predicted molar refractivity (Wildman–Crippen MR) is 92.0 cm³/mol. The number of esters is 1. The van der Waals surface area contributed by atoms with Crippen molar-refractivity contribution < 1.29 is 19.4 Å². The Labute approximate surface area is 145 Å². The average molecular weight is 343 g/mol. The zero-order valence-electron chi connectivity index (χ0n) is 14.4. The molecule has 7 nitrogen and oxygen atoms in total. The number of nitrogens with two attached hydrogens (primary N) is 1. The van der Waals surface area contributed by atoms with Gasteiger partial charge in [0.15, 0.2) is 5.82 Å². The number of aromatic nitrogens is 2. The van der Waals surface area contributed by atoms with E-state index in [4.69, 9.17) is 15.6 Å². The largest absolute Gasteiger partial charge is 0.480 e. The van der Waals surface area contributed by atoms with E-state index in [2.05, 4.69) is 9.97 Å². The molecule has 2 rings (SSSR count). The number of rotatable bonds is 5. The van der Waals surface area contributed by atoms with Gasteiger partial charge in [-0.15, -0.1) is 0 Å². The predicted octanol–water partition coefficient (Wildman–Crippen LogP) is 2.05. The number of carbonyl (C=O) groups excluding carboxylic acids is 1. The second-order valence-electron chi connectivity index (χ2n) is 6.64. The number of benzene rings is 1. The van der Waals surface area contributed by atoms with Gasteiger partial charge in [-0.3, -0.25) is 4.79 Å². The smallest absolute Gasteiger partial charge is 0.338 e. The Morgan fingerprint density at radius 2 is 1.72 bits per heavy atom. The summed E-state index contributed by atoms with van der Waals surface area (Å²) in [5, 5.41) is 8.81. The van der Waals surface area contributed by atoms with Crippen LogP contribution in [0.1, 0.15) is 36.7 Å². The van der Waals surface area contributed by atoms with Gasteiger partial charge in [0.05, 0.1) is 5.56 Å². The van der Waals surface area contributed by atoms with Crippen LogP contribution in [0.3, 0.4) is 0 Å². The molecule has 0 bridgehead atoms. The molecule has 1 atom stereocenters. The summed E-state index contributed by atoms with van der Waals surface area (Å²) in [5.74, 6) is -0.983. The Morgan fingerprint density at radius 1 is 1.16 bits per heavy atom. The molecule has 132 valence electrons. The first kappa shape index (κ1) is 18.5. The fourth-order valence-corrected chi connectivity index (χ4v) is 2.04. The van der Waals surface area contributed by atoms with Crippen molar-refractivity contribution in [3.63, 3.8) is 0 Å². The summed E-state index contributed by atoms with van der Waals surface area (Å²) < 4.78 is 5.31. The van der Waals surface area contributed by atoms with Crippen molar-refractivity contribution in [3.8, 4) is 11.4 Å². The number of ether oxygens (including phenoxy) is 1. The van der Waals surface area contributed by atoms with E-state index in [9.17, 15) is 9.59 Å². The van der Waals surface area contributed by atoms with Crippen molar-refractivity contribution in [2.75, 3.05) is 0 Å². The zero-order valence-corrected chi connectivity index (χ0v) is 14.4. The highest BCUT2D eigenvalue weighted by molar-refractivity contribution is 5.90. The van der Waals surface area contributed by atoms with E-state index in [1.165, 1.54) is 0 Å². The van der Waals surface area contributed by atoms with Crippen LogP contribution in [0.2, 0.25) is 0 Å². The van der Waals surface area contributed by atoms with E-state index in [1.54, 1.807) is 36.7 Å². The fourth-order valence-electron chi connectivity index (χ4n) is 2.04. The molecule has 0 saturated heterocycles. The first-order valence-electron chi connectivity index (χ1n) is 7.79. The van der Waals surface area contributed by atoms with Crippen LogP contribution < -0.4 is 5.73 Å². The minimum Gasteiger partial charge on any atom is -0.480 e. The van der Waals surface area contributed by atoms with Crippen molar-refractivity contribution in [2.45, 2.75) is 38.8 Å². The van der Waals surface area contributed by atoms with Crippen LogP contribution >= 0.6 is 0 Å². The van der Waals surface area contributed by atoms with E-state index in [0.29, 0.717) is 17.0 Å². The number of aliphatic carboxylic acids is 1. The Bertz CT molecular complexity index is 749. The van der Waals surface area contributed by atoms with E-state index in [-0.39, 0.29) is 6.42 Å². The summed E-state index contributed by atoms with van der Waals surface area (Å²) in [6.45, 7) is 5.43. The van der Waals surface area contributed by atoms with Crippen molar-refractivity contribution in [1.82, 2.24) is 9.97 Å².